The topological polar surface area (TPSA) is 20.3 Å². The fourth-order valence-electron chi connectivity index (χ4n) is 2.13. The van der Waals surface area contributed by atoms with Crippen LogP contribution in [-0.4, -0.2) is 17.4 Å². The van der Waals surface area contributed by atoms with Gasteiger partial charge in [0.15, 0.2) is 0 Å². The van der Waals surface area contributed by atoms with E-state index in [-0.39, 0.29) is 17.9 Å². The Labute approximate surface area is 96.3 Å². The molecule has 0 aromatic heterocycles. The van der Waals surface area contributed by atoms with E-state index in [0.29, 0.717) is 13.0 Å². The van der Waals surface area contributed by atoms with Gasteiger partial charge in [-0.25, -0.2) is 0 Å². The van der Waals surface area contributed by atoms with Gasteiger partial charge in [0.2, 0.25) is 5.91 Å². The Morgan fingerprint density at radius 3 is 2.69 bits per heavy atom. The first-order chi connectivity index (χ1) is 7.72. The molecule has 1 aliphatic rings. The first-order valence-corrected chi connectivity index (χ1v) is 5.53. The zero-order chi connectivity index (χ0) is 11.5. The van der Waals surface area contributed by atoms with Crippen molar-refractivity contribution >= 4 is 5.91 Å². The first kappa shape index (κ1) is 10.8. The Hall–Kier alpha value is -1.75. The maximum absolute atomic E-state index is 11.8. The van der Waals surface area contributed by atoms with E-state index in [9.17, 15) is 4.79 Å². The maximum Gasteiger partial charge on any atom is 0.224 e. The third-order valence-electron chi connectivity index (χ3n) is 3.14. The van der Waals surface area contributed by atoms with Crippen LogP contribution in [0.3, 0.4) is 0 Å². The smallest absolute Gasteiger partial charge is 0.224 e. The van der Waals surface area contributed by atoms with Crippen molar-refractivity contribution in [1.29, 1.82) is 0 Å². The van der Waals surface area contributed by atoms with E-state index < -0.39 is 0 Å². The molecule has 0 N–H and O–H groups in total. The summed E-state index contributed by atoms with van der Waals surface area (Å²) in [6, 6.07) is 10.2. The van der Waals surface area contributed by atoms with Crippen LogP contribution in [0.25, 0.3) is 0 Å². The maximum atomic E-state index is 11.8. The van der Waals surface area contributed by atoms with E-state index in [1.54, 1.807) is 0 Å². The number of terminal acetylenes is 1. The number of amides is 1. The Morgan fingerprint density at radius 1 is 1.44 bits per heavy atom. The molecule has 1 aromatic rings. The molecule has 0 bridgehead atoms. The van der Waals surface area contributed by atoms with E-state index in [1.807, 2.05) is 42.2 Å². The van der Waals surface area contributed by atoms with Crippen LogP contribution in [0, 0.1) is 18.3 Å². The molecular formula is C14H15NO. The molecule has 0 aliphatic carbocycles. The molecule has 2 unspecified atom stereocenters. The van der Waals surface area contributed by atoms with Crippen molar-refractivity contribution in [2.75, 3.05) is 6.54 Å². The molecule has 82 valence electrons. The second-order valence-electron chi connectivity index (χ2n) is 4.20. The number of likely N-dealkylation sites (tertiary alicyclic amines) is 1. The summed E-state index contributed by atoms with van der Waals surface area (Å²) in [6.45, 7) is 2.73. The van der Waals surface area contributed by atoms with Crippen LogP contribution in [0.4, 0.5) is 0 Å². The predicted octanol–water partition coefficient (Wildman–Crippen LogP) is 2.23. The van der Waals surface area contributed by atoms with Gasteiger partial charge in [-0.2, -0.15) is 0 Å². The van der Waals surface area contributed by atoms with E-state index in [1.165, 1.54) is 0 Å². The minimum atomic E-state index is 0.0821. The van der Waals surface area contributed by atoms with Gasteiger partial charge < -0.3 is 4.90 Å². The van der Waals surface area contributed by atoms with Gasteiger partial charge in [-0.15, -0.1) is 12.3 Å². The van der Waals surface area contributed by atoms with Crippen molar-refractivity contribution in [3.05, 3.63) is 35.9 Å². The molecule has 2 heteroatoms. The van der Waals surface area contributed by atoms with Crippen LogP contribution in [0.15, 0.2) is 30.3 Å². The van der Waals surface area contributed by atoms with Crippen LogP contribution < -0.4 is 0 Å². The molecule has 0 saturated carbocycles. The Bertz CT molecular complexity index is 418. The monoisotopic (exact) mass is 213 g/mol. The SMILES string of the molecule is C#CC1CC(=O)N(C(C)c2ccccc2)C1. The second kappa shape index (κ2) is 4.40. The fraction of sp³-hybridized carbons (Fsp3) is 0.357. The summed E-state index contributed by atoms with van der Waals surface area (Å²) in [5.74, 6) is 2.92. The molecule has 0 spiro atoms. The third-order valence-corrected chi connectivity index (χ3v) is 3.14. The Morgan fingerprint density at radius 2 is 2.12 bits per heavy atom. The van der Waals surface area contributed by atoms with Gasteiger partial charge in [0.25, 0.3) is 0 Å². The highest BCUT2D eigenvalue weighted by Gasteiger charge is 2.31. The molecule has 1 aromatic carbocycles. The van der Waals surface area contributed by atoms with E-state index in [4.69, 9.17) is 6.42 Å². The Kier molecular flexibility index (Phi) is 2.96. The zero-order valence-electron chi connectivity index (χ0n) is 9.39. The summed E-state index contributed by atoms with van der Waals surface area (Å²) in [5, 5.41) is 0. The van der Waals surface area contributed by atoms with E-state index >= 15 is 0 Å². The molecule has 2 rings (SSSR count). The highest BCUT2D eigenvalue weighted by molar-refractivity contribution is 5.79. The van der Waals surface area contributed by atoms with Crippen LogP contribution >= 0.6 is 0 Å². The third kappa shape index (κ3) is 1.94. The molecule has 0 radical (unpaired) electrons. The highest BCUT2D eigenvalue weighted by Crippen LogP contribution is 2.27. The summed E-state index contributed by atoms with van der Waals surface area (Å²) in [6.07, 6.45) is 5.86. The van der Waals surface area contributed by atoms with Gasteiger partial charge in [0.1, 0.15) is 0 Å². The van der Waals surface area contributed by atoms with Crippen molar-refractivity contribution in [3.63, 3.8) is 0 Å². The number of hydrogen-bond donors (Lipinski definition) is 0. The van der Waals surface area contributed by atoms with Gasteiger partial charge in [-0.05, 0) is 12.5 Å². The quantitative estimate of drug-likeness (QED) is 0.690. The van der Waals surface area contributed by atoms with E-state index in [2.05, 4.69) is 5.92 Å². The van der Waals surface area contributed by atoms with Crippen LogP contribution in [-0.2, 0) is 4.79 Å². The lowest BCUT2D eigenvalue weighted by molar-refractivity contribution is -0.129. The number of benzene rings is 1. The van der Waals surface area contributed by atoms with Gasteiger partial charge >= 0.3 is 0 Å². The first-order valence-electron chi connectivity index (χ1n) is 5.53. The number of rotatable bonds is 2. The molecule has 1 fully saturated rings. The molecule has 1 heterocycles. The average Bonchev–Trinajstić information content (AvgIpc) is 2.71. The highest BCUT2D eigenvalue weighted by atomic mass is 16.2. The Balaban J connectivity index is 2.15. The van der Waals surface area contributed by atoms with Gasteiger partial charge in [-0.1, -0.05) is 30.3 Å². The largest absolute Gasteiger partial charge is 0.335 e. The van der Waals surface area contributed by atoms with Crippen LogP contribution in [0.2, 0.25) is 0 Å². The second-order valence-corrected chi connectivity index (χ2v) is 4.20. The lowest BCUT2D eigenvalue weighted by atomic mass is 10.1. The minimum Gasteiger partial charge on any atom is -0.335 e. The van der Waals surface area contributed by atoms with Crippen molar-refractivity contribution in [1.82, 2.24) is 4.90 Å². The van der Waals surface area contributed by atoms with Crippen LogP contribution in [0.1, 0.15) is 24.9 Å². The lowest BCUT2D eigenvalue weighted by Crippen LogP contribution is -2.28. The zero-order valence-corrected chi connectivity index (χ0v) is 9.39. The summed E-state index contributed by atoms with van der Waals surface area (Å²) in [7, 11) is 0. The number of carbonyl (C=O) groups is 1. The standard InChI is InChI=1S/C14H15NO/c1-3-12-9-14(16)15(10-12)11(2)13-7-5-4-6-8-13/h1,4-8,11-12H,9-10H2,2H3. The van der Waals surface area contributed by atoms with Gasteiger partial charge in [0, 0.05) is 18.9 Å². The fourth-order valence-corrected chi connectivity index (χ4v) is 2.13. The van der Waals surface area contributed by atoms with Crippen molar-refractivity contribution < 1.29 is 4.79 Å². The molecule has 2 nitrogen and oxygen atoms in total. The molecule has 1 aliphatic heterocycles. The lowest BCUT2D eigenvalue weighted by Gasteiger charge is -2.24. The molecule has 16 heavy (non-hydrogen) atoms. The molecule has 2 atom stereocenters. The van der Waals surface area contributed by atoms with Crippen molar-refractivity contribution in [2.45, 2.75) is 19.4 Å². The number of hydrogen-bond acceptors (Lipinski definition) is 1. The van der Waals surface area contributed by atoms with Gasteiger partial charge in [-0.3, -0.25) is 4.79 Å². The molecule has 1 amide bonds. The minimum absolute atomic E-state index is 0.0821. The summed E-state index contributed by atoms with van der Waals surface area (Å²) >= 11 is 0. The number of nitrogens with zero attached hydrogens (tertiary/aromatic N) is 1. The van der Waals surface area contributed by atoms with E-state index in [0.717, 1.165) is 5.56 Å². The van der Waals surface area contributed by atoms with Crippen molar-refractivity contribution in [2.24, 2.45) is 5.92 Å². The molecule has 1 saturated heterocycles. The van der Waals surface area contributed by atoms with Gasteiger partial charge in [0.05, 0.1) is 6.04 Å². The summed E-state index contributed by atoms with van der Waals surface area (Å²) < 4.78 is 0. The average molecular weight is 213 g/mol. The normalized spacial score (nSPS) is 21.9. The summed E-state index contributed by atoms with van der Waals surface area (Å²) in [5.41, 5.74) is 1.16. The predicted molar refractivity (Wildman–Crippen MR) is 63.5 cm³/mol. The summed E-state index contributed by atoms with van der Waals surface area (Å²) in [4.78, 5) is 13.7. The molecular weight excluding hydrogens is 198 g/mol. The van der Waals surface area contributed by atoms with Crippen molar-refractivity contribution in [3.8, 4) is 12.3 Å². The number of carbonyl (C=O) groups excluding carboxylic acids is 1. The van der Waals surface area contributed by atoms with Crippen LogP contribution in [0.5, 0.6) is 0 Å².